The SMILES string of the molecule is C[C@](O)(c1cccc2ccccc12)C1CC1. The van der Waals surface area contributed by atoms with Crippen LogP contribution in [0.4, 0.5) is 0 Å². The summed E-state index contributed by atoms with van der Waals surface area (Å²) in [5.41, 5.74) is 0.411. The van der Waals surface area contributed by atoms with E-state index in [0.717, 1.165) is 18.4 Å². The van der Waals surface area contributed by atoms with E-state index in [4.69, 9.17) is 0 Å². The fourth-order valence-electron chi connectivity index (χ4n) is 2.53. The molecule has 0 bridgehead atoms. The van der Waals surface area contributed by atoms with E-state index in [-0.39, 0.29) is 0 Å². The van der Waals surface area contributed by atoms with Crippen molar-refractivity contribution in [1.29, 1.82) is 0 Å². The van der Waals surface area contributed by atoms with Crippen molar-refractivity contribution in [1.82, 2.24) is 0 Å². The van der Waals surface area contributed by atoms with E-state index in [0.29, 0.717) is 5.92 Å². The van der Waals surface area contributed by atoms with Gasteiger partial charge < -0.3 is 5.11 Å². The Kier molecular flexibility index (Phi) is 2.05. The zero-order valence-corrected chi connectivity index (χ0v) is 9.48. The van der Waals surface area contributed by atoms with Crippen molar-refractivity contribution in [2.45, 2.75) is 25.4 Å². The van der Waals surface area contributed by atoms with Crippen molar-refractivity contribution < 1.29 is 5.11 Å². The fraction of sp³-hybridized carbons (Fsp3) is 0.333. The number of rotatable bonds is 2. The topological polar surface area (TPSA) is 20.2 Å². The molecule has 1 atom stereocenters. The molecule has 0 saturated heterocycles. The van der Waals surface area contributed by atoms with Gasteiger partial charge in [0.15, 0.2) is 0 Å². The lowest BCUT2D eigenvalue weighted by Crippen LogP contribution is -2.23. The van der Waals surface area contributed by atoms with Crippen LogP contribution in [-0.4, -0.2) is 5.11 Å². The number of hydrogen-bond donors (Lipinski definition) is 1. The normalized spacial score (nSPS) is 19.6. The summed E-state index contributed by atoms with van der Waals surface area (Å²) in [6.07, 6.45) is 2.30. The molecular formula is C15H16O. The number of benzene rings is 2. The lowest BCUT2D eigenvalue weighted by atomic mass is 9.87. The highest BCUT2D eigenvalue weighted by molar-refractivity contribution is 5.86. The van der Waals surface area contributed by atoms with E-state index in [1.165, 1.54) is 10.8 Å². The van der Waals surface area contributed by atoms with Gasteiger partial charge in [-0.15, -0.1) is 0 Å². The van der Waals surface area contributed by atoms with Crippen LogP contribution in [0, 0.1) is 5.92 Å². The van der Waals surface area contributed by atoms with Gasteiger partial charge in [0.05, 0.1) is 5.60 Å². The Bertz CT molecular complexity index is 518. The summed E-state index contributed by atoms with van der Waals surface area (Å²) in [6, 6.07) is 14.5. The largest absolute Gasteiger partial charge is 0.385 e. The quantitative estimate of drug-likeness (QED) is 0.808. The molecule has 1 N–H and O–H groups in total. The standard InChI is InChI=1S/C15H16O/c1-15(16,12-9-10-12)14-8-4-6-11-5-2-3-7-13(11)14/h2-8,12,16H,9-10H2,1H3/t15-/m1/s1. The molecule has 2 aromatic carbocycles. The first-order valence-corrected chi connectivity index (χ1v) is 5.90. The monoisotopic (exact) mass is 212 g/mol. The molecule has 0 aromatic heterocycles. The van der Waals surface area contributed by atoms with Gasteiger partial charge in [-0.3, -0.25) is 0 Å². The maximum absolute atomic E-state index is 10.6. The zero-order chi connectivity index (χ0) is 11.2. The summed E-state index contributed by atoms with van der Waals surface area (Å²) >= 11 is 0. The first-order chi connectivity index (χ1) is 7.69. The molecule has 0 radical (unpaired) electrons. The van der Waals surface area contributed by atoms with Crippen LogP contribution in [0.15, 0.2) is 42.5 Å². The fourth-order valence-corrected chi connectivity index (χ4v) is 2.53. The first-order valence-electron chi connectivity index (χ1n) is 5.90. The van der Waals surface area contributed by atoms with E-state index in [2.05, 4.69) is 24.3 Å². The van der Waals surface area contributed by atoms with E-state index >= 15 is 0 Å². The third-order valence-electron chi connectivity index (χ3n) is 3.71. The molecule has 0 heterocycles. The van der Waals surface area contributed by atoms with Crippen LogP contribution in [0.5, 0.6) is 0 Å². The highest BCUT2D eigenvalue weighted by Gasteiger charge is 2.41. The average Bonchev–Trinajstić information content (AvgIpc) is 3.12. The van der Waals surface area contributed by atoms with Crippen molar-refractivity contribution in [3.8, 4) is 0 Å². The van der Waals surface area contributed by atoms with Gasteiger partial charge in [0.25, 0.3) is 0 Å². The average molecular weight is 212 g/mol. The first kappa shape index (κ1) is 9.86. The lowest BCUT2D eigenvalue weighted by Gasteiger charge is -2.25. The Morgan fingerprint density at radius 1 is 1.06 bits per heavy atom. The third kappa shape index (κ3) is 1.43. The summed E-state index contributed by atoms with van der Waals surface area (Å²) in [7, 11) is 0. The maximum Gasteiger partial charge on any atom is 0.0902 e. The van der Waals surface area contributed by atoms with Crippen LogP contribution in [0.3, 0.4) is 0 Å². The Balaban J connectivity index is 2.23. The molecule has 16 heavy (non-hydrogen) atoms. The summed E-state index contributed by atoms with van der Waals surface area (Å²) in [6.45, 7) is 1.95. The van der Waals surface area contributed by atoms with Crippen LogP contribution < -0.4 is 0 Å². The van der Waals surface area contributed by atoms with E-state index in [9.17, 15) is 5.11 Å². The molecule has 1 saturated carbocycles. The second-order valence-electron chi connectivity index (χ2n) is 4.95. The zero-order valence-electron chi connectivity index (χ0n) is 9.48. The molecule has 0 unspecified atom stereocenters. The van der Waals surface area contributed by atoms with Crippen LogP contribution in [0.2, 0.25) is 0 Å². The Morgan fingerprint density at radius 3 is 2.50 bits per heavy atom. The maximum atomic E-state index is 10.6. The molecule has 0 aliphatic heterocycles. The van der Waals surface area contributed by atoms with Gasteiger partial charge in [-0.2, -0.15) is 0 Å². The van der Waals surface area contributed by atoms with Crippen LogP contribution in [0.25, 0.3) is 10.8 Å². The summed E-state index contributed by atoms with van der Waals surface area (Å²) in [5.74, 6) is 0.443. The Morgan fingerprint density at radius 2 is 1.75 bits per heavy atom. The molecule has 1 nitrogen and oxygen atoms in total. The summed E-state index contributed by atoms with van der Waals surface area (Å²) < 4.78 is 0. The van der Waals surface area contributed by atoms with E-state index < -0.39 is 5.60 Å². The van der Waals surface area contributed by atoms with Gasteiger partial charge in [-0.1, -0.05) is 42.5 Å². The minimum atomic E-state index is -0.666. The van der Waals surface area contributed by atoms with Gasteiger partial charge in [-0.05, 0) is 42.0 Å². The number of aliphatic hydroxyl groups is 1. The van der Waals surface area contributed by atoms with Gasteiger partial charge in [0, 0.05) is 0 Å². The molecule has 1 aliphatic carbocycles. The van der Waals surface area contributed by atoms with Gasteiger partial charge in [0.2, 0.25) is 0 Å². The molecular weight excluding hydrogens is 196 g/mol. The molecule has 82 valence electrons. The van der Waals surface area contributed by atoms with Crippen molar-refractivity contribution in [3.05, 3.63) is 48.0 Å². The Hall–Kier alpha value is -1.34. The second-order valence-corrected chi connectivity index (χ2v) is 4.95. The predicted molar refractivity (Wildman–Crippen MR) is 66.2 cm³/mol. The molecule has 0 spiro atoms. The minimum Gasteiger partial charge on any atom is -0.385 e. The summed E-state index contributed by atoms with van der Waals surface area (Å²) in [4.78, 5) is 0. The molecule has 2 aromatic rings. The molecule has 1 heteroatoms. The van der Waals surface area contributed by atoms with E-state index in [1.54, 1.807) is 0 Å². The second kappa shape index (κ2) is 3.33. The van der Waals surface area contributed by atoms with Crippen LogP contribution >= 0.6 is 0 Å². The molecule has 3 rings (SSSR count). The van der Waals surface area contributed by atoms with E-state index in [1.807, 2.05) is 25.1 Å². The van der Waals surface area contributed by atoms with Gasteiger partial charge >= 0.3 is 0 Å². The minimum absolute atomic E-state index is 0.443. The van der Waals surface area contributed by atoms with Crippen molar-refractivity contribution >= 4 is 10.8 Å². The summed E-state index contributed by atoms with van der Waals surface area (Å²) in [5, 5.41) is 13.0. The molecule has 1 fully saturated rings. The van der Waals surface area contributed by atoms with Gasteiger partial charge in [0.1, 0.15) is 0 Å². The van der Waals surface area contributed by atoms with Crippen LogP contribution in [-0.2, 0) is 5.60 Å². The van der Waals surface area contributed by atoms with Crippen LogP contribution in [0.1, 0.15) is 25.3 Å². The molecule has 1 aliphatic rings. The number of fused-ring (bicyclic) bond motifs is 1. The van der Waals surface area contributed by atoms with Crippen molar-refractivity contribution in [2.75, 3.05) is 0 Å². The highest BCUT2D eigenvalue weighted by Crippen LogP contribution is 2.46. The third-order valence-corrected chi connectivity index (χ3v) is 3.71. The molecule has 0 amide bonds. The highest BCUT2D eigenvalue weighted by atomic mass is 16.3. The number of hydrogen-bond acceptors (Lipinski definition) is 1. The Labute approximate surface area is 95.7 Å². The predicted octanol–water partition coefficient (Wildman–Crippen LogP) is 3.46. The van der Waals surface area contributed by atoms with Crippen molar-refractivity contribution in [3.63, 3.8) is 0 Å². The van der Waals surface area contributed by atoms with Gasteiger partial charge in [-0.25, -0.2) is 0 Å². The smallest absolute Gasteiger partial charge is 0.0902 e. The lowest BCUT2D eigenvalue weighted by molar-refractivity contribution is 0.0346. The van der Waals surface area contributed by atoms with Crippen molar-refractivity contribution in [2.24, 2.45) is 5.92 Å².